The van der Waals surface area contributed by atoms with Crippen molar-refractivity contribution in [2.24, 2.45) is 5.92 Å². The van der Waals surface area contributed by atoms with Crippen molar-refractivity contribution in [3.8, 4) is 0 Å². The van der Waals surface area contributed by atoms with E-state index < -0.39 is 71.5 Å². The Labute approximate surface area is 402 Å². The van der Waals surface area contributed by atoms with Crippen molar-refractivity contribution in [1.29, 1.82) is 0 Å². The van der Waals surface area contributed by atoms with Gasteiger partial charge in [0, 0.05) is 84.8 Å². The van der Waals surface area contributed by atoms with E-state index in [0.717, 1.165) is 19.3 Å². The Morgan fingerprint density at radius 3 is 1.44 bits per heavy atom. The number of hydrogen-bond acceptors (Lipinski definition) is 15. The number of thioether (sulfide) groups is 1. The van der Waals surface area contributed by atoms with Gasteiger partial charge >= 0.3 is 29.9 Å². The lowest BCUT2D eigenvalue weighted by Gasteiger charge is -2.32. The molecule has 0 aliphatic carbocycles. The van der Waals surface area contributed by atoms with Crippen molar-refractivity contribution in [1.82, 2.24) is 51.5 Å². The average molecular weight is 989 g/mol. The van der Waals surface area contributed by atoms with Crippen LogP contribution in [0, 0.1) is 5.92 Å². The van der Waals surface area contributed by atoms with Crippen LogP contribution >= 0.6 is 11.8 Å². The molecule has 0 aromatic heterocycles. The lowest BCUT2D eigenvalue weighted by molar-refractivity contribution is -0.143. The van der Waals surface area contributed by atoms with E-state index in [2.05, 4.69) is 31.9 Å². The number of unbranched alkanes of at least 4 members (excludes halogenated alkanes) is 3. The molecular formula is C43H76N10O14S. The SMILES string of the molecule is CSCC[C@H](NC(=O)CCNC(=O)CN1CCN(CC(=O)O)CCN(CC(=O)O)CCN(CC(=O)O)CC1)C(=O)N[C@H](C(=O)N[C@@H](CCCCNC(=O)NCCCCCC(C)=O)C(=O)O)C(C)C. The van der Waals surface area contributed by atoms with Gasteiger partial charge < -0.3 is 57.1 Å². The monoisotopic (exact) mass is 989 g/mol. The normalized spacial score (nSPS) is 15.9. The molecule has 1 aliphatic heterocycles. The number of amides is 6. The van der Waals surface area contributed by atoms with Gasteiger partial charge in [-0.25, -0.2) is 9.59 Å². The van der Waals surface area contributed by atoms with E-state index >= 15 is 0 Å². The summed E-state index contributed by atoms with van der Waals surface area (Å²) in [6, 6.07) is -3.83. The van der Waals surface area contributed by atoms with Crippen LogP contribution in [0.3, 0.4) is 0 Å². The fraction of sp³-hybridized carbons (Fsp3) is 0.767. The number of urea groups is 1. The lowest BCUT2D eigenvalue weighted by atomic mass is 10.0. The minimum atomic E-state index is -1.27. The number of carbonyl (C=O) groups excluding carboxylic acids is 6. The maximum absolute atomic E-state index is 13.6. The Kier molecular flexibility index (Phi) is 31.4. The van der Waals surface area contributed by atoms with Gasteiger partial charge in [-0.05, 0) is 63.4 Å². The molecule has 388 valence electrons. The second-order valence-electron chi connectivity index (χ2n) is 17.1. The molecule has 3 atom stereocenters. The highest BCUT2D eigenvalue weighted by Crippen LogP contribution is 2.09. The number of carboxylic acid groups (broad SMARTS) is 4. The maximum Gasteiger partial charge on any atom is 0.326 e. The van der Waals surface area contributed by atoms with Crippen LogP contribution < -0.4 is 31.9 Å². The molecular weight excluding hydrogens is 913 g/mol. The molecule has 10 N–H and O–H groups in total. The third-order valence-electron chi connectivity index (χ3n) is 10.9. The minimum absolute atomic E-state index is 0.0631. The Hall–Kier alpha value is -5.11. The molecule has 1 heterocycles. The van der Waals surface area contributed by atoms with Crippen LogP contribution in [-0.2, 0) is 43.2 Å². The van der Waals surface area contributed by atoms with Gasteiger partial charge in [-0.15, -0.1) is 0 Å². The summed E-state index contributed by atoms with van der Waals surface area (Å²) in [6.07, 6.45) is 5.50. The Balaban J connectivity index is 2.79. The molecule has 0 unspecified atom stereocenters. The highest BCUT2D eigenvalue weighted by Gasteiger charge is 2.31. The Morgan fingerprint density at radius 2 is 1.00 bits per heavy atom. The van der Waals surface area contributed by atoms with Crippen LogP contribution in [0.4, 0.5) is 4.79 Å². The molecule has 25 heteroatoms. The van der Waals surface area contributed by atoms with Crippen molar-refractivity contribution in [2.45, 2.75) is 96.7 Å². The number of carboxylic acids is 4. The van der Waals surface area contributed by atoms with Gasteiger partial charge in [-0.1, -0.05) is 20.3 Å². The number of Topliss-reactive ketones (excluding diaryl/α,β-unsaturated/α-hetero) is 1. The van der Waals surface area contributed by atoms with Crippen LogP contribution in [0.1, 0.15) is 78.6 Å². The van der Waals surface area contributed by atoms with E-state index in [9.17, 15) is 68.4 Å². The molecule has 24 nitrogen and oxygen atoms in total. The van der Waals surface area contributed by atoms with Crippen molar-refractivity contribution in [3.63, 3.8) is 0 Å². The van der Waals surface area contributed by atoms with Gasteiger partial charge in [0.15, 0.2) is 0 Å². The molecule has 1 fully saturated rings. The van der Waals surface area contributed by atoms with Crippen molar-refractivity contribution in [2.75, 3.05) is 110 Å². The summed E-state index contributed by atoms with van der Waals surface area (Å²) in [6.45, 7) is 6.21. The van der Waals surface area contributed by atoms with Gasteiger partial charge in [0.05, 0.1) is 26.2 Å². The van der Waals surface area contributed by atoms with Crippen LogP contribution in [0.5, 0.6) is 0 Å². The molecule has 0 bridgehead atoms. The summed E-state index contributed by atoms with van der Waals surface area (Å²) in [5.74, 6) is -6.77. The summed E-state index contributed by atoms with van der Waals surface area (Å²) in [5.41, 5.74) is 0. The molecule has 68 heavy (non-hydrogen) atoms. The largest absolute Gasteiger partial charge is 0.480 e. The number of aliphatic carboxylic acids is 4. The standard InChI is InChI=1S/C43H76N10O14S/c1-30(2)39(41(64)48-33(42(65)66)11-7-9-15-46-43(67)45-14-8-5-6-10-31(3)54)49-40(63)32(13-25-68-4)47-34(55)12-16-44-35(56)26-50-17-19-51(27-36(57)58)21-23-53(29-38(61)62)24-22-52(20-18-50)28-37(59)60/h30,32-33,39H,5-29H2,1-4H3,(H,44,56)(H,47,55)(H,48,64)(H,49,63)(H,57,58)(H,59,60)(H,61,62)(H,65,66)(H2,45,46,67)/t32-,33-,39-/m0/s1. The van der Waals surface area contributed by atoms with E-state index in [1.807, 2.05) is 6.26 Å². The van der Waals surface area contributed by atoms with Gasteiger partial charge in [-0.2, -0.15) is 11.8 Å². The first-order valence-corrected chi connectivity index (χ1v) is 24.5. The summed E-state index contributed by atoms with van der Waals surface area (Å²) in [7, 11) is 0. The molecule has 0 radical (unpaired) electrons. The van der Waals surface area contributed by atoms with Crippen LogP contribution in [0.2, 0.25) is 0 Å². The van der Waals surface area contributed by atoms with Crippen molar-refractivity contribution < 1.29 is 68.4 Å². The van der Waals surface area contributed by atoms with Crippen molar-refractivity contribution in [3.05, 3.63) is 0 Å². The second kappa shape index (κ2) is 35.1. The third kappa shape index (κ3) is 29.6. The fourth-order valence-corrected chi connectivity index (χ4v) is 7.52. The average Bonchev–Trinajstić information content (AvgIpc) is 3.24. The van der Waals surface area contributed by atoms with Crippen LogP contribution in [-0.4, -0.2) is 228 Å². The zero-order valence-corrected chi connectivity index (χ0v) is 40.9. The fourth-order valence-electron chi connectivity index (χ4n) is 7.05. The van der Waals surface area contributed by atoms with Crippen LogP contribution in [0.25, 0.3) is 0 Å². The van der Waals surface area contributed by atoms with Gasteiger partial charge in [0.2, 0.25) is 23.6 Å². The highest BCUT2D eigenvalue weighted by molar-refractivity contribution is 7.98. The maximum atomic E-state index is 13.6. The topological polar surface area (TPSA) is 337 Å². The first-order valence-electron chi connectivity index (χ1n) is 23.1. The molecule has 0 spiro atoms. The predicted octanol–water partition coefficient (Wildman–Crippen LogP) is -1.46. The predicted molar refractivity (Wildman–Crippen MR) is 252 cm³/mol. The number of nitrogens with zero attached hydrogens (tertiary/aromatic N) is 4. The number of rotatable bonds is 32. The number of nitrogens with one attached hydrogen (secondary N) is 6. The molecule has 0 aromatic rings. The minimum Gasteiger partial charge on any atom is -0.480 e. The quantitative estimate of drug-likeness (QED) is 0.0344. The first-order chi connectivity index (χ1) is 32.2. The molecule has 6 amide bonds. The second-order valence-corrected chi connectivity index (χ2v) is 18.1. The van der Waals surface area contributed by atoms with Gasteiger partial charge in [0.1, 0.15) is 23.9 Å². The molecule has 0 aromatic carbocycles. The highest BCUT2D eigenvalue weighted by atomic mass is 32.2. The molecule has 1 saturated heterocycles. The lowest BCUT2D eigenvalue weighted by Crippen LogP contribution is -2.57. The summed E-state index contributed by atoms with van der Waals surface area (Å²) in [5, 5.41) is 54.1. The molecule has 1 aliphatic rings. The Morgan fingerprint density at radius 1 is 0.515 bits per heavy atom. The Bertz CT molecular complexity index is 1610. The first kappa shape index (κ1) is 60.9. The molecule has 1 rings (SSSR count). The van der Waals surface area contributed by atoms with Gasteiger partial charge in [0.25, 0.3) is 0 Å². The zero-order valence-electron chi connectivity index (χ0n) is 40.1. The van der Waals surface area contributed by atoms with E-state index in [1.54, 1.807) is 33.4 Å². The summed E-state index contributed by atoms with van der Waals surface area (Å²) < 4.78 is 0. The smallest absolute Gasteiger partial charge is 0.326 e. The number of carbonyl (C=O) groups is 10. The zero-order chi connectivity index (χ0) is 51.0. The number of hydrogen-bond donors (Lipinski definition) is 10. The van der Waals surface area contributed by atoms with Crippen LogP contribution in [0.15, 0.2) is 0 Å². The third-order valence-corrected chi connectivity index (χ3v) is 11.5. The van der Waals surface area contributed by atoms with Gasteiger partial charge in [-0.3, -0.25) is 53.2 Å². The number of ketones is 1. The van der Waals surface area contributed by atoms with E-state index in [-0.39, 0.29) is 123 Å². The van der Waals surface area contributed by atoms with E-state index in [4.69, 9.17) is 0 Å². The summed E-state index contributed by atoms with van der Waals surface area (Å²) in [4.78, 5) is 130. The molecule has 0 saturated carbocycles. The van der Waals surface area contributed by atoms with Crippen molar-refractivity contribution >= 4 is 71.1 Å². The van der Waals surface area contributed by atoms with E-state index in [1.165, 1.54) is 18.7 Å². The summed E-state index contributed by atoms with van der Waals surface area (Å²) >= 11 is 1.43. The van der Waals surface area contributed by atoms with E-state index in [0.29, 0.717) is 31.6 Å².